The Labute approximate surface area is 176 Å². The van der Waals surface area contributed by atoms with Crippen LogP contribution in [0.3, 0.4) is 0 Å². The molecule has 1 fully saturated rings. The van der Waals surface area contributed by atoms with Crippen molar-refractivity contribution in [2.24, 2.45) is 0 Å². The van der Waals surface area contributed by atoms with Gasteiger partial charge in [0.05, 0.1) is 11.6 Å². The van der Waals surface area contributed by atoms with Gasteiger partial charge in [0.25, 0.3) is 11.7 Å². The Balaban J connectivity index is 2.07. The van der Waals surface area contributed by atoms with Crippen LogP contribution >= 0.6 is 11.6 Å². The molecule has 5 nitrogen and oxygen atoms in total. The van der Waals surface area contributed by atoms with Crippen molar-refractivity contribution in [3.05, 3.63) is 76.3 Å². The van der Waals surface area contributed by atoms with Crippen LogP contribution in [0.15, 0.2) is 60.2 Å². The first-order chi connectivity index (χ1) is 14.0. The van der Waals surface area contributed by atoms with Crippen molar-refractivity contribution in [3.63, 3.8) is 0 Å². The Morgan fingerprint density at radius 3 is 2.24 bits per heavy atom. The number of benzene rings is 2. The number of carbonyl (C=O) groups excluding carboxylic acids is 2. The maximum absolute atomic E-state index is 12.9. The Morgan fingerprint density at radius 2 is 1.66 bits per heavy atom. The summed E-state index contributed by atoms with van der Waals surface area (Å²) in [6.45, 7) is 6.88. The van der Waals surface area contributed by atoms with Gasteiger partial charge in [-0.2, -0.15) is 0 Å². The van der Waals surface area contributed by atoms with E-state index in [1.165, 1.54) is 0 Å². The first kappa shape index (κ1) is 21.1. The van der Waals surface area contributed by atoms with E-state index in [1.807, 2.05) is 6.07 Å². The molecule has 0 bridgehead atoms. The SMILES string of the molecule is CCN(CC)CCN1C(=O)C(=O)/C(=C(\O)c2ccccc2)C1c1ccc(Cl)cc1. The normalized spacial score (nSPS) is 18.6. The van der Waals surface area contributed by atoms with Crippen LogP contribution in [0.25, 0.3) is 5.76 Å². The predicted molar refractivity (Wildman–Crippen MR) is 115 cm³/mol. The van der Waals surface area contributed by atoms with Gasteiger partial charge in [-0.25, -0.2) is 0 Å². The van der Waals surface area contributed by atoms with Gasteiger partial charge in [0.1, 0.15) is 5.76 Å². The molecule has 1 unspecified atom stereocenters. The first-order valence-corrected chi connectivity index (χ1v) is 10.2. The molecule has 1 aliphatic rings. The number of aliphatic hydroxyl groups is 1. The van der Waals surface area contributed by atoms with Crippen LogP contribution in [0.4, 0.5) is 0 Å². The minimum Gasteiger partial charge on any atom is -0.507 e. The molecule has 1 N–H and O–H groups in total. The summed E-state index contributed by atoms with van der Waals surface area (Å²) < 4.78 is 0. The Bertz CT molecular complexity index is 905. The van der Waals surface area contributed by atoms with Gasteiger partial charge in [0.15, 0.2) is 0 Å². The van der Waals surface area contributed by atoms with E-state index in [0.29, 0.717) is 23.7 Å². The lowest BCUT2D eigenvalue weighted by Crippen LogP contribution is -2.38. The number of nitrogens with zero attached hydrogens (tertiary/aromatic N) is 2. The number of Topliss-reactive ketones (excluding diaryl/α,β-unsaturated/α-hetero) is 1. The second kappa shape index (κ2) is 9.25. The Kier molecular flexibility index (Phi) is 6.72. The first-order valence-electron chi connectivity index (χ1n) is 9.79. The van der Waals surface area contributed by atoms with Gasteiger partial charge in [-0.1, -0.05) is 67.9 Å². The van der Waals surface area contributed by atoms with E-state index in [0.717, 1.165) is 18.7 Å². The fourth-order valence-electron chi connectivity index (χ4n) is 3.64. The summed E-state index contributed by atoms with van der Waals surface area (Å²) >= 11 is 6.03. The third-order valence-electron chi connectivity index (χ3n) is 5.32. The van der Waals surface area contributed by atoms with Crippen LogP contribution in [-0.2, 0) is 9.59 Å². The summed E-state index contributed by atoms with van der Waals surface area (Å²) in [5, 5.41) is 11.5. The molecule has 1 amide bonds. The summed E-state index contributed by atoms with van der Waals surface area (Å²) in [6, 6.07) is 15.2. The minimum absolute atomic E-state index is 0.114. The van der Waals surface area contributed by atoms with Crippen molar-refractivity contribution in [2.75, 3.05) is 26.2 Å². The number of carbonyl (C=O) groups is 2. The molecular formula is C23H25ClN2O3. The topological polar surface area (TPSA) is 60.9 Å². The van der Waals surface area contributed by atoms with Crippen LogP contribution < -0.4 is 0 Å². The van der Waals surface area contributed by atoms with Crippen molar-refractivity contribution >= 4 is 29.1 Å². The van der Waals surface area contributed by atoms with Crippen LogP contribution in [0, 0.1) is 0 Å². The highest BCUT2D eigenvalue weighted by atomic mass is 35.5. The van der Waals surface area contributed by atoms with E-state index < -0.39 is 17.7 Å². The zero-order valence-electron chi connectivity index (χ0n) is 16.6. The molecule has 1 heterocycles. The standard InChI is InChI=1S/C23H25ClN2O3/c1-3-25(4-2)14-15-26-20(16-10-12-18(24)13-11-16)19(22(28)23(26)29)21(27)17-8-6-5-7-9-17/h5-13,20,27H,3-4,14-15H2,1-2H3/b21-19-. The number of ketones is 1. The zero-order valence-corrected chi connectivity index (χ0v) is 17.4. The molecule has 0 aromatic heterocycles. The van der Waals surface area contributed by atoms with Crippen molar-refractivity contribution in [1.29, 1.82) is 0 Å². The molecule has 6 heteroatoms. The molecule has 1 atom stereocenters. The molecule has 152 valence electrons. The number of hydrogen-bond acceptors (Lipinski definition) is 4. The van der Waals surface area contributed by atoms with E-state index in [9.17, 15) is 14.7 Å². The third kappa shape index (κ3) is 4.36. The third-order valence-corrected chi connectivity index (χ3v) is 5.58. The molecule has 3 rings (SSSR count). The maximum atomic E-state index is 12.9. The summed E-state index contributed by atoms with van der Waals surface area (Å²) in [7, 11) is 0. The summed E-state index contributed by atoms with van der Waals surface area (Å²) in [4.78, 5) is 29.5. The van der Waals surface area contributed by atoms with Gasteiger partial charge in [0, 0.05) is 23.7 Å². The zero-order chi connectivity index (χ0) is 21.0. The summed E-state index contributed by atoms with van der Waals surface area (Å²) in [5.74, 6) is -1.41. The van der Waals surface area contributed by atoms with Gasteiger partial charge < -0.3 is 14.9 Å². The smallest absolute Gasteiger partial charge is 0.295 e. The second-order valence-electron chi connectivity index (χ2n) is 6.94. The number of hydrogen-bond donors (Lipinski definition) is 1. The number of likely N-dealkylation sites (N-methyl/N-ethyl adjacent to an activating group) is 1. The molecular weight excluding hydrogens is 388 g/mol. The number of rotatable bonds is 7. The average molecular weight is 413 g/mol. The molecule has 0 radical (unpaired) electrons. The summed E-state index contributed by atoms with van der Waals surface area (Å²) in [6.07, 6.45) is 0. The van der Waals surface area contributed by atoms with Crippen LogP contribution in [0.2, 0.25) is 5.02 Å². The molecule has 0 spiro atoms. The van der Waals surface area contributed by atoms with Crippen LogP contribution in [-0.4, -0.2) is 52.8 Å². The maximum Gasteiger partial charge on any atom is 0.295 e. The molecule has 1 saturated heterocycles. The lowest BCUT2D eigenvalue weighted by molar-refractivity contribution is -0.140. The number of amides is 1. The van der Waals surface area contributed by atoms with Gasteiger partial charge in [-0.05, 0) is 30.8 Å². The van der Waals surface area contributed by atoms with E-state index in [4.69, 9.17) is 11.6 Å². The van der Waals surface area contributed by atoms with Crippen molar-refractivity contribution in [3.8, 4) is 0 Å². The monoisotopic (exact) mass is 412 g/mol. The fraction of sp³-hybridized carbons (Fsp3) is 0.304. The number of aliphatic hydroxyl groups excluding tert-OH is 1. The van der Waals surface area contributed by atoms with E-state index in [1.54, 1.807) is 53.4 Å². The van der Waals surface area contributed by atoms with Gasteiger partial charge in [-0.15, -0.1) is 0 Å². The van der Waals surface area contributed by atoms with E-state index >= 15 is 0 Å². The van der Waals surface area contributed by atoms with Gasteiger partial charge in [0.2, 0.25) is 0 Å². The second-order valence-corrected chi connectivity index (χ2v) is 7.37. The lowest BCUT2D eigenvalue weighted by Gasteiger charge is -2.28. The van der Waals surface area contributed by atoms with E-state index in [-0.39, 0.29) is 11.3 Å². The van der Waals surface area contributed by atoms with Gasteiger partial charge in [-0.3, -0.25) is 9.59 Å². The molecule has 0 saturated carbocycles. The Hall–Kier alpha value is -2.63. The minimum atomic E-state index is -0.661. The van der Waals surface area contributed by atoms with Crippen molar-refractivity contribution < 1.29 is 14.7 Å². The fourth-order valence-corrected chi connectivity index (χ4v) is 3.77. The molecule has 1 aliphatic heterocycles. The molecule has 0 aliphatic carbocycles. The largest absolute Gasteiger partial charge is 0.507 e. The van der Waals surface area contributed by atoms with Crippen LogP contribution in [0.5, 0.6) is 0 Å². The lowest BCUT2D eigenvalue weighted by atomic mass is 9.95. The van der Waals surface area contributed by atoms with Crippen molar-refractivity contribution in [1.82, 2.24) is 9.80 Å². The molecule has 2 aromatic carbocycles. The molecule has 29 heavy (non-hydrogen) atoms. The predicted octanol–water partition coefficient (Wildman–Crippen LogP) is 4.10. The van der Waals surface area contributed by atoms with Crippen LogP contribution in [0.1, 0.15) is 31.0 Å². The highest BCUT2D eigenvalue weighted by Crippen LogP contribution is 2.39. The average Bonchev–Trinajstić information content (AvgIpc) is 3.00. The highest BCUT2D eigenvalue weighted by molar-refractivity contribution is 6.46. The quantitative estimate of drug-likeness (QED) is 0.422. The Morgan fingerprint density at radius 1 is 1.03 bits per heavy atom. The number of likely N-dealkylation sites (tertiary alicyclic amines) is 1. The van der Waals surface area contributed by atoms with Crippen molar-refractivity contribution in [2.45, 2.75) is 19.9 Å². The highest BCUT2D eigenvalue weighted by Gasteiger charge is 2.45. The summed E-state index contributed by atoms with van der Waals surface area (Å²) in [5.41, 5.74) is 1.36. The van der Waals surface area contributed by atoms with E-state index in [2.05, 4.69) is 18.7 Å². The molecule has 2 aromatic rings. The van der Waals surface area contributed by atoms with Gasteiger partial charge >= 0.3 is 0 Å². The number of halogens is 1.